The van der Waals surface area contributed by atoms with Gasteiger partial charge in [0, 0.05) is 16.8 Å². The largest absolute Gasteiger partial charge is 0.465 e. The lowest BCUT2D eigenvalue weighted by Gasteiger charge is -2.30. The van der Waals surface area contributed by atoms with Crippen molar-refractivity contribution in [3.8, 4) is 0 Å². The molecule has 0 aromatic carbocycles. The van der Waals surface area contributed by atoms with Gasteiger partial charge < -0.3 is 4.74 Å². The molecule has 0 spiro atoms. The van der Waals surface area contributed by atoms with Crippen LogP contribution in [0.3, 0.4) is 0 Å². The summed E-state index contributed by atoms with van der Waals surface area (Å²) in [6.45, 7) is 7.99. The van der Waals surface area contributed by atoms with Gasteiger partial charge in [-0.15, -0.1) is 11.8 Å². The van der Waals surface area contributed by atoms with Crippen LogP contribution in [0.2, 0.25) is 0 Å². The van der Waals surface area contributed by atoms with Gasteiger partial charge in [0.15, 0.2) is 5.78 Å². The summed E-state index contributed by atoms with van der Waals surface area (Å²) in [5, 5.41) is 0.215. The molecule has 0 N–H and O–H groups in total. The monoisotopic (exact) mass is 290 g/mol. The lowest BCUT2D eigenvalue weighted by Crippen LogP contribution is -2.41. The first-order valence-electron chi connectivity index (χ1n) is 6.42. The van der Waals surface area contributed by atoms with Crippen molar-refractivity contribution in [3.05, 3.63) is 0 Å². The van der Waals surface area contributed by atoms with Crippen molar-refractivity contribution in [2.75, 3.05) is 18.1 Å². The van der Waals surface area contributed by atoms with Crippen LogP contribution in [-0.4, -0.2) is 40.4 Å². The highest BCUT2D eigenvalue weighted by atomic mass is 32.2. The Morgan fingerprint density at radius 1 is 1.28 bits per heavy atom. The first kappa shape index (κ1) is 15.9. The fourth-order valence-corrected chi connectivity index (χ4v) is 4.83. The number of carbonyl (C=O) groups is 2. The van der Waals surface area contributed by atoms with E-state index in [1.807, 2.05) is 25.6 Å². The van der Waals surface area contributed by atoms with Crippen LogP contribution in [-0.2, 0) is 14.3 Å². The molecule has 3 nitrogen and oxygen atoms in total. The molecule has 18 heavy (non-hydrogen) atoms. The number of hydrogen-bond acceptors (Lipinski definition) is 5. The standard InChI is InChI=1S/C13H22O3S2/c1-5-16-13(15)10(8(2)3)11(14)12-9(4)17-6-7-18-12/h8-10,12H,5-7H2,1-4H3. The molecule has 0 saturated carbocycles. The Hall–Kier alpha value is -0.160. The number of rotatable bonds is 5. The molecule has 0 radical (unpaired) electrons. The van der Waals surface area contributed by atoms with Crippen molar-refractivity contribution < 1.29 is 14.3 Å². The Kier molecular flexibility index (Phi) is 6.57. The molecule has 1 heterocycles. The number of ether oxygens (including phenoxy) is 1. The number of ketones is 1. The van der Waals surface area contributed by atoms with Crippen LogP contribution in [0.1, 0.15) is 27.7 Å². The summed E-state index contributed by atoms with van der Waals surface area (Å²) in [7, 11) is 0. The molecule has 1 aliphatic heterocycles. The van der Waals surface area contributed by atoms with E-state index in [4.69, 9.17) is 4.74 Å². The maximum absolute atomic E-state index is 12.5. The van der Waals surface area contributed by atoms with Crippen LogP contribution < -0.4 is 0 Å². The van der Waals surface area contributed by atoms with Gasteiger partial charge in [0.1, 0.15) is 5.92 Å². The highest BCUT2D eigenvalue weighted by Crippen LogP contribution is 2.34. The normalized spacial score (nSPS) is 25.8. The Bertz CT molecular complexity index is 305. The number of thioether (sulfide) groups is 2. The summed E-state index contributed by atoms with van der Waals surface area (Å²) in [4.78, 5) is 24.4. The van der Waals surface area contributed by atoms with Gasteiger partial charge >= 0.3 is 5.97 Å². The van der Waals surface area contributed by atoms with Gasteiger partial charge in [-0.3, -0.25) is 9.59 Å². The van der Waals surface area contributed by atoms with E-state index in [0.29, 0.717) is 6.61 Å². The molecule has 1 aliphatic rings. The molecule has 1 rings (SSSR count). The fourth-order valence-electron chi connectivity index (χ4n) is 2.07. The van der Waals surface area contributed by atoms with Crippen molar-refractivity contribution in [3.63, 3.8) is 0 Å². The van der Waals surface area contributed by atoms with Crippen LogP contribution in [0.25, 0.3) is 0 Å². The van der Waals surface area contributed by atoms with Crippen LogP contribution in [0, 0.1) is 11.8 Å². The lowest BCUT2D eigenvalue weighted by molar-refractivity contribution is -0.153. The van der Waals surface area contributed by atoms with Gasteiger partial charge in [0.05, 0.1) is 11.9 Å². The molecule has 5 heteroatoms. The lowest BCUT2D eigenvalue weighted by atomic mass is 9.89. The van der Waals surface area contributed by atoms with E-state index in [-0.39, 0.29) is 28.2 Å². The molecule has 104 valence electrons. The van der Waals surface area contributed by atoms with Crippen molar-refractivity contribution in [1.29, 1.82) is 0 Å². The molecule has 0 bridgehead atoms. The minimum Gasteiger partial charge on any atom is -0.465 e. The molecule has 3 atom stereocenters. The van der Waals surface area contributed by atoms with E-state index in [1.54, 1.807) is 18.7 Å². The zero-order valence-corrected chi connectivity index (χ0v) is 13.1. The van der Waals surface area contributed by atoms with Gasteiger partial charge in [-0.05, 0) is 12.8 Å². The number of carbonyl (C=O) groups excluding carboxylic acids is 2. The molecule has 0 aromatic rings. The molecule has 0 aliphatic carbocycles. The molecular formula is C13H22O3S2. The van der Waals surface area contributed by atoms with Crippen molar-refractivity contribution in [2.45, 2.75) is 38.2 Å². The van der Waals surface area contributed by atoms with Gasteiger partial charge in [-0.25, -0.2) is 0 Å². The maximum atomic E-state index is 12.5. The second kappa shape index (κ2) is 7.43. The van der Waals surface area contributed by atoms with E-state index in [9.17, 15) is 9.59 Å². The molecule has 3 unspecified atom stereocenters. The molecular weight excluding hydrogens is 268 g/mol. The quantitative estimate of drug-likeness (QED) is 0.575. The number of Topliss-reactive ketones (excluding diaryl/α,β-unsaturated/α-hetero) is 1. The Balaban J connectivity index is 2.78. The first-order valence-corrected chi connectivity index (χ1v) is 8.52. The smallest absolute Gasteiger partial charge is 0.316 e. The molecule has 1 saturated heterocycles. The zero-order chi connectivity index (χ0) is 13.7. The molecule has 1 fully saturated rings. The molecule has 0 amide bonds. The van der Waals surface area contributed by atoms with E-state index in [2.05, 4.69) is 6.92 Å². The third-order valence-electron chi connectivity index (χ3n) is 2.98. The highest BCUT2D eigenvalue weighted by molar-refractivity contribution is 8.07. The zero-order valence-electron chi connectivity index (χ0n) is 11.5. The average Bonchev–Trinajstić information content (AvgIpc) is 2.29. The topological polar surface area (TPSA) is 43.4 Å². The second-order valence-electron chi connectivity index (χ2n) is 4.74. The summed E-state index contributed by atoms with van der Waals surface area (Å²) in [5.74, 6) is 1.15. The van der Waals surface area contributed by atoms with Gasteiger partial charge in [0.25, 0.3) is 0 Å². The predicted molar refractivity (Wildman–Crippen MR) is 78.1 cm³/mol. The van der Waals surface area contributed by atoms with Gasteiger partial charge in [-0.2, -0.15) is 11.8 Å². The average molecular weight is 290 g/mol. The highest BCUT2D eigenvalue weighted by Gasteiger charge is 2.39. The van der Waals surface area contributed by atoms with Crippen LogP contribution >= 0.6 is 23.5 Å². The SMILES string of the molecule is CCOC(=O)C(C(=O)C1SCCSC1C)C(C)C. The van der Waals surface area contributed by atoms with Crippen molar-refractivity contribution >= 4 is 35.3 Å². The third-order valence-corrected chi connectivity index (χ3v) is 6.09. The fraction of sp³-hybridized carbons (Fsp3) is 0.846. The van der Waals surface area contributed by atoms with Crippen LogP contribution in [0.15, 0.2) is 0 Å². The number of hydrogen-bond donors (Lipinski definition) is 0. The van der Waals surface area contributed by atoms with E-state index >= 15 is 0 Å². The summed E-state index contributed by atoms with van der Waals surface area (Å²) < 4.78 is 5.04. The van der Waals surface area contributed by atoms with Gasteiger partial charge in [-0.1, -0.05) is 20.8 Å². The molecule has 0 aromatic heterocycles. The number of esters is 1. The van der Waals surface area contributed by atoms with Crippen molar-refractivity contribution in [2.24, 2.45) is 11.8 Å². The maximum Gasteiger partial charge on any atom is 0.316 e. The predicted octanol–water partition coefficient (Wildman–Crippen LogP) is 2.63. The van der Waals surface area contributed by atoms with E-state index in [1.165, 1.54) is 0 Å². The Morgan fingerprint density at radius 3 is 2.39 bits per heavy atom. The van der Waals surface area contributed by atoms with Crippen molar-refractivity contribution in [1.82, 2.24) is 0 Å². The first-order chi connectivity index (χ1) is 8.49. The summed E-state index contributed by atoms with van der Waals surface area (Å²) in [6, 6.07) is 0. The minimum atomic E-state index is -0.608. The Morgan fingerprint density at radius 2 is 1.89 bits per heavy atom. The summed E-state index contributed by atoms with van der Waals surface area (Å²) >= 11 is 3.50. The van der Waals surface area contributed by atoms with Gasteiger partial charge in [0.2, 0.25) is 0 Å². The summed E-state index contributed by atoms with van der Waals surface area (Å²) in [6.07, 6.45) is 0. The van der Waals surface area contributed by atoms with E-state index < -0.39 is 5.92 Å². The van der Waals surface area contributed by atoms with Crippen LogP contribution in [0.5, 0.6) is 0 Å². The Labute approximate surface area is 118 Å². The summed E-state index contributed by atoms with van der Waals surface area (Å²) in [5.41, 5.74) is 0. The van der Waals surface area contributed by atoms with E-state index in [0.717, 1.165) is 11.5 Å². The second-order valence-corrected chi connectivity index (χ2v) is 7.48. The van der Waals surface area contributed by atoms with Crippen LogP contribution in [0.4, 0.5) is 0 Å². The minimum absolute atomic E-state index is 0.00345. The third kappa shape index (κ3) is 3.92.